The Balaban J connectivity index is -0.0000000536. The van der Waals surface area contributed by atoms with Gasteiger partial charge in [0.1, 0.15) is 0 Å². The van der Waals surface area contributed by atoms with Crippen molar-refractivity contribution in [3.05, 3.63) is 0 Å². The summed E-state index contributed by atoms with van der Waals surface area (Å²) in [6.45, 7) is 0. The third kappa shape index (κ3) is 1520. The molecule has 0 aromatic rings. The second-order valence-electron chi connectivity index (χ2n) is 1.77. The molecule has 0 spiro atoms. The molecule has 0 unspecified atom stereocenters. The molecule has 0 N–H and O–H groups in total. The summed E-state index contributed by atoms with van der Waals surface area (Å²) >= 11 is -23.2. The fraction of sp³-hybridized carbons (Fsp3) is 0. The van der Waals surface area contributed by atoms with Crippen molar-refractivity contribution >= 4 is 0 Å². The molecule has 15 nitrogen and oxygen atoms in total. The van der Waals surface area contributed by atoms with Crippen molar-refractivity contribution < 1.29 is 169 Å². The zero-order chi connectivity index (χ0) is 16.3. The van der Waals surface area contributed by atoms with Crippen LogP contribution in [0.3, 0.4) is 0 Å². The van der Waals surface area contributed by atoms with Crippen molar-refractivity contribution in [3.63, 3.8) is 0 Å². The Hall–Kier alpha value is 2.22. The second kappa shape index (κ2) is 8.36. The minimum atomic E-state index is -7.72. The third-order valence-electron chi connectivity index (χ3n) is 0. The van der Waals surface area contributed by atoms with Crippen LogP contribution in [-0.4, -0.2) is 0 Å². The Kier molecular flexibility index (Phi) is 14.1. The average molecular weight is 821 g/mol. The topological polar surface area (TPSA) is 292 Å². The summed E-state index contributed by atoms with van der Waals surface area (Å²) in [4.78, 5) is 0. The van der Waals surface area contributed by atoms with E-state index in [0.29, 0.717) is 0 Å². The Morgan fingerprint density at radius 2 is 0.350 bits per heavy atom. The zero-order valence-electron chi connectivity index (χ0n) is 8.34. The summed E-state index contributed by atoms with van der Waals surface area (Å²) in [7, 11) is 0. The first-order valence-corrected chi connectivity index (χ1v) is 12.8. The van der Waals surface area contributed by atoms with Crippen molar-refractivity contribution in [1.29, 1.82) is 0 Å². The average Bonchev–Trinajstić information content (AvgIpc) is 1.29. The Labute approximate surface area is 166 Å². The molecule has 0 atom stereocenters. The molecule has 0 aliphatic heterocycles. The molecule has 0 heterocycles. The van der Waals surface area contributed by atoms with Gasteiger partial charge in [-0.3, -0.25) is 0 Å². The molecule has 0 aliphatic rings. The van der Waals surface area contributed by atoms with Crippen LogP contribution in [0.25, 0.3) is 0 Å². The molecular formula is La2O15Ru3. The van der Waals surface area contributed by atoms with Gasteiger partial charge < -0.3 is 0 Å². The van der Waals surface area contributed by atoms with Crippen molar-refractivity contribution in [3.8, 4) is 0 Å². The van der Waals surface area contributed by atoms with E-state index >= 15 is 0 Å². The molecule has 0 fully saturated rings. The molecule has 0 radical (unpaired) electrons. The predicted octanol–water partition coefficient (Wildman–Crippen LogP) is -8.21. The van der Waals surface area contributed by atoms with E-state index in [2.05, 4.69) is 0 Å². The van der Waals surface area contributed by atoms with Crippen molar-refractivity contribution in [2.75, 3.05) is 0 Å². The second-order valence-corrected chi connectivity index (χ2v) is 10.5. The van der Waals surface area contributed by atoms with E-state index < -0.39 is 42.5 Å². The molecule has 0 saturated heterocycles. The maximum absolute atomic E-state index is 8.64. The van der Waals surface area contributed by atoms with Crippen molar-refractivity contribution in [1.82, 2.24) is 0 Å². The standard InChI is InChI=1S/2La.15O.3Ru/q2*+3;;;;;;;;;;6*-1;;;. The third-order valence-corrected chi connectivity index (χ3v) is 0. The molecule has 0 aromatic carbocycles. The monoisotopic (exact) mass is 823 g/mol. The van der Waals surface area contributed by atoms with Gasteiger partial charge in [0.15, 0.2) is 0 Å². The van der Waals surface area contributed by atoms with Crippen LogP contribution in [0.15, 0.2) is 0 Å². The Bertz CT molecular complexity index is 689. The van der Waals surface area contributed by atoms with E-state index in [1.54, 1.807) is 0 Å². The molecule has 0 saturated carbocycles. The van der Waals surface area contributed by atoms with Gasteiger partial charge in [0, 0.05) is 0 Å². The van der Waals surface area contributed by atoms with Gasteiger partial charge in [-0.25, -0.2) is 0 Å². The molecule has 20 heavy (non-hydrogen) atoms. The van der Waals surface area contributed by atoms with Crippen LogP contribution in [-0.2, 0) is 74.7 Å². The Morgan fingerprint density at radius 1 is 0.350 bits per heavy atom. The van der Waals surface area contributed by atoms with Crippen molar-refractivity contribution in [2.45, 2.75) is 0 Å². The van der Waals surface area contributed by atoms with Gasteiger partial charge in [0.2, 0.25) is 0 Å². The van der Waals surface area contributed by atoms with E-state index in [-0.39, 0.29) is 71.2 Å². The van der Waals surface area contributed by atoms with Gasteiger partial charge in [-0.1, -0.05) is 0 Å². The Morgan fingerprint density at radius 3 is 0.350 bits per heavy atom. The van der Waals surface area contributed by atoms with Crippen LogP contribution >= 0.6 is 0 Å². The van der Waals surface area contributed by atoms with E-state index in [9.17, 15) is 0 Å². The van der Waals surface area contributed by atoms with Crippen LogP contribution in [0, 0.1) is 71.2 Å². The quantitative estimate of drug-likeness (QED) is 0.205. The van der Waals surface area contributed by atoms with Crippen LogP contribution in [0.1, 0.15) is 0 Å². The molecule has 0 bridgehead atoms. The summed E-state index contributed by atoms with van der Waals surface area (Å²) in [5, 5.41) is 0. The molecule has 0 aromatic heterocycles. The fourth-order valence-electron chi connectivity index (χ4n) is 0. The van der Waals surface area contributed by atoms with Crippen LogP contribution in [0.5, 0.6) is 0 Å². The predicted molar refractivity (Wildman–Crippen MR) is 6.18 cm³/mol. The normalized spacial score (nSPS) is 16.8. The van der Waals surface area contributed by atoms with E-state index in [4.69, 9.17) is 55.8 Å². The summed E-state index contributed by atoms with van der Waals surface area (Å²) in [5.41, 5.74) is 0. The first-order chi connectivity index (χ1) is 6.71. The zero-order valence-corrected chi connectivity index (χ0v) is 20.8. The summed E-state index contributed by atoms with van der Waals surface area (Å²) < 4.78 is 130. The van der Waals surface area contributed by atoms with Crippen LogP contribution < -0.4 is 23.6 Å². The van der Waals surface area contributed by atoms with Gasteiger partial charge in [-0.15, -0.1) is 0 Å². The van der Waals surface area contributed by atoms with Crippen molar-refractivity contribution in [2.24, 2.45) is 0 Å². The molecule has 0 amide bonds. The van der Waals surface area contributed by atoms with Crippen LogP contribution in [0.2, 0.25) is 0 Å². The SMILES string of the molecule is [La+3].[La+3].[O]=[Ru](=[O])(=[O])([O-])[O-].[O]=[Ru](=[O])(=[O])([O-])[O-].[O]=[Ru](=[O])(=[O])([O-])[O-]. The fourth-order valence-corrected chi connectivity index (χ4v) is 0. The number of hydrogen-bond donors (Lipinski definition) is 0. The minimum absolute atomic E-state index is 0. The van der Waals surface area contributed by atoms with Crippen LogP contribution in [0.4, 0.5) is 0 Å². The van der Waals surface area contributed by atoms with Gasteiger partial charge in [-0.05, 0) is 0 Å². The molecular weight excluding hydrogens is 821 g/mol. The number of rotatable bonds is 0. The van der Waals surface area contributed by atoms with Gasteiger partial charge in [-0.2, -0.15) is 0 Å². The van der Waals surface area contributed by atoms with Gasteiger partial charge in [0.05, 0.1) is 0 Å². The molecule has 0 rings (SSSR count). The molecule has 0 aliphatic carbocycles. The summed E-state index contributed by atoms with van der Waals surface area (Å²) in [6, 6.07) is 0. The summed E-state index contributed by atoms with van der Waals surface area (Å²) in [5.74, 6) is 0. The van der Waals surface area contributed by atoms with Gasteiger partial charge >= 0.3 is 169 Å². The number of hydrogen-bond acceptors (Lipinski definition) is 15. The van der Waals surface area contributed by atoms with E-state index in [0.717, 1.165) is 0 Å². The molecule has 20 heteroatoms. The van der Waals surface area contributed by atoms with Gasteiger partial charge in [0.25, 0.3) is 0 Å². The summed E-state index contributed by atoms with van der Waals surface area (Å²) in [6.07, 6.45) is 0. The first kappa shape index (κ1) is 33.7. The first-order valence-electron chi connectivity index (χ1n) is 2.17. The maximum atomic E-state index is 8.64. The van der Waals surface area contributed by atoms with E-state index in [1.165, 1.54) is 0 Å². The molecule has 120 valence electrons. The van der Waals surface area contributed by atoms with E-state index in [1.807, 2.05) is 0 Å².